The number of para-hydroxylation sites is 1. The number of anilines is 1. The third-order valence-corrected chi connectivity index (χ3v) is 5.97. The molecule has 2 aromatic carbocycles. The van der Waals surface area contributed by atoms with E-state index in [1.165, 1.54) is 11.3 Å². The normalized spacial score (nSPS) is 15.2. The number of aryl methyl sites for hydroxylation is 1. The van der Waals surface area contributed by atoms with Gasteiger partial charge in [-0.1, -0.05) is 29.8 Å². The summed E-state index contributed by atoms with van der Waals surface area (Å²) in [5, 5.41) is 4.33. The number of piperazine rings is 1. The van der Waals surface area contributed by atoms with Crippen molar-refractivity contribution in [3.8, 4) is 0 Å². The predicted molar refractivity (Wildman–Crippen MR) is 124 cm³/mol. The van der Waals surface area contributed by atoms with Crippen molar-refractivity contribution in [3.05, 3.63) is 69.8 Å². The van der Waals surface area contributed by atoms with Crippen molar-refractivity contribution in [3.63, 3.8) is 0 Å². The van der Waals surface area contributed by atoms with Crippen LogP contribution in [0.15, 0.2) is 51.7 Å². The Morgan fingerprint density at radius 1 is 1.10 bits per heavy atom. The molecule has 4 aromatic rings. The molecule has 0 bridgehead atoms. The maximum atomic E-state index is 12.5. The molecule has 3 heterocycles. The van der Waals surface area contributed by atoms with Crippen LogP contribution in [-0.4, -0.2) is 48.1 Å². The van der Waals surface area contributed by atoms with Crippen LogP contribution >= 0.6 is 0 Å². The number of fused-ring (bicyclic) bond motifs is 3. The van der Waals surface area contributed by atoms with Gasteiger partial charge in [-0.3, -0.25) is 4.79 Å². The van der Waals surface area contributed by atoms with Crippen molar-refractivity contribution in [1.82, 2.24) is 20.2 Å². The molecular formula is C24H27N5O2. The molecule has 31 heavy (non-hydrogen) atoms. The third-order valence-electron chi connectivity index (χ3n) is 5.97. The van der Waals surface area contributed by atoms with Crippen LogP contribution in [0, 0.1) is 6.92 Å². The monoisotopic (exact) mass is 417 g/mol. The number of furan rings is 1. The van der Waals surface area contributed by atoms with Crippen LogP contribution in [-0.2, 0) is 13.1 Å². The lowest BCUT2D eigenvalue weighted by Crippen LogP contribution is -2.44. The van der Waals surface area contributed by atoms with E-state index < -0.39 is 0 Å². The summed E-state index contributed by atoms with van der Waals surface area (Å²) in [6.45, 7) is 7.41. The van der Waals surface area contributed by atoms with Gasteiger partial charge in [-0.15, -0.1) is 0 Å². The number of likely N-dealkylation sites (N-methyl/N-ethyl adjacent to an activating group) is 1. The van der Waals surface area contributed by atoms with Crippen LogP contribution in [0.25, 0.3) is 22.1 Å². The fraction of sp³-hybridized carbons (Fsp3) is 0.333. The minimum atomic E-state index is -0.242. The van der Waals surface area contributed by atoms with Crippen molar-refractivity contribution in [2.45, 2.75) is 20.0 Å². The first-order valence-corrected chi connectivity index (χ1v) is 10.7. The summed E-state index contributed by atoms with van der Waals surface area (Å²) >= 11 is 0. The number of benzene rings is 2. The molecule has 1 saturated heterocycles. The lowest BCUT2D eigenvalue weighted by atomic mass is 10.1. The van der Waals surface area contributed by atoms with Crippen LogP contribution in [0.4, 0.5) is 5.69 Å². The van der Waals surface area contributed by atoms with Gasteiger partial charge in [0.2, 0.25) is 5.58 Å². The van der Waals surface area contributed by atoms with Gasteiger partial charge >= 0.3 is 0 Å². The maximum Gasteiger partial charge on any atom is 0.294 e. The largest absolute Gasteiger partial charge is 0.449 e. The molecule has 5 rings (SSSR count). The quantitative estimate of drug-likeness (QED) is 0.520. The molecule has 0 atom stereocenters. The third kappa shape index (κ3) is 3.94. The molecule has 1 aliphatic heterocycles. The molecular weight excluding hydrogens is 390 g/mol. The Morgan fingerprint density at radius 2 is 1.90 bits per heavy atom. The Labute approximate surface area is 180 Å². The van der Waals surface area contributed by atoms with E-state index in [9.17, 15) is 4.79 Å². The highest BCUT2D eigenvalue weighted by Crippen LogP contribution is 2.26. The SMILES string of the molecule is Cc1ccc2oc3c(=O)[nH]c(CNCc4ccccc4N4CCN(C)CC4)nc3c2c1. The number of nitrogens with one attached hydrogen (secondary N) is 2. The Morgan fingerprint density at radius 3 is 2.74 bits per heavy atom. The maximum absolute atomic E-state index is 12.5. The van der Waals surface area contributed by atoms with Crippen LogP contribution in [0.3, 0.4) is 0 Å². The van der Waals surface area contributed by atoms with Gasteiger partial charge in [0.1, 0.15) is 16.9 Å². The van der Waals surface area contributed by atoms with Crippen LogP contribution in [0.2, 0.25) is 0 Å². The predicted octanol–water partition coefficient (Wildman–Crippen LogP) is 3.02. The first-order valence-electron chi connectivity index (χ1n) is 10.7. The van der Waals surface area contributed by atoms with E-state index in [-0.39, 0.29) is 11.1 Å². The summed E-state index contributed by atoms with van der Waals surface area (Å²) in [5.74, 6) is 0.610. The molecule has 7 nitrogen and oxygen atoms in total. The highest BCUT2D eigenvalue weighted by molar-refractivity contribution is 6.02. The molecule has 1 fully saturated rings. The van der Waals surface area contributed by atoms with Crippen molar-refractivity contribution >= 4 is 27.8 Å². The summed E-state index contributed by atoms with van der Waals surface area (Å²) in [5.41, 5.74) is 4.98. The number of nitrogens with zero attached hydrogens (tertiary/aromatic N) is 3. The first kappa shape index (κ1) is 19.8. The Hall–Kier alpha value is -3.16. The van der Waals surface area contributed by atoms with Gasteiger partial charge in [0.05, 0.1) is 6.54 Å². The van der Waals surface area contributed by atoms with Gasteiger partial charge < -0.3 is 24.5 Å². The van der Waals surface area contributed by atoms with Gasteiger partial charge in [0.15, 0.2) is 0 Å². The smallest absolute Gasteiger partial charge is 0.294 e. The minimum Gasteiger partial charge on any atom is -0.449 e. The molecule has 0 aliphatic carbocycles. The van der Waals surface area contributed by atoms with E-state index in [2.05, 4.69) is 56.4 Å². The number of aromatic nitrogens is 2. The number of rotatable bonds is 5. The zero-order valence-corrected chi connectivity index (χ0v) is 17.9. The summed E-state index contributed by atoms with van der Waals surface area (Å²) in [6.07, 6.45) is 0. The molecule has 1 aliphatic rings. The van der Waals surface area contributed by atoms with E-state index in [0.717, 1.165) is 37.1 Å². The first-order chi connectivity index (χ1) is 15.1. The van der Waals surface area contributed by atoms with Crippen molar-refractivity contribution < 1.29 is 4.42 Å². The molecule has 2 N–H and O–H groups in total. The van der Waals surface area contributed by atoms with E-state index in [1.807, 2.05) is 25.1 Å². The van der Waals surface area contributed by atoms with Crippen LogP contribution in [0.5, 0.6) is 0 Å². The standard InChI is InChI=1S/C24H27N5O2/c1-16-7-8-20-18(13-16)22-23(31-20)24(30)27-21(26-22)15-25-14-17-5-3-4-6-19(17)29-11-9-28(2)10-12-29/h3-8,13,25H,9-12,14-15H2,1-2H3,(H,26,27,30). The topological polar surface area (TPSA) is 77.4 Å². The lowest BCUT2D eigenvalue weighted by Gasteiger charge is -2.35. The average molecular weight is 418 g/mol. The summed E-state index contributed by atoms with van der Waals surface area (Å²) < 4.78 is 5.72. The number of hydrogen-bond acceptors (Lipinski definition) is 6. The van der Waals surface area contributed by atoms with E-state index >= 15 is 0 Å². The van der Waals surface area contributed by atoms with Gasteiger partial charge in [-0.25, -0.2) is 4.98 Å². The number of hydrogen-bond donors (Lipinski definition) is 2. The zero-order valence-electron chi connectivity index (χ0n) is 17.9. The second kappa shape index (κ2) is 8.17. The second-order valence-electron chi connectivity index (χ2n) is 8.31. The van der Waals surface area contributed by atoms with Gasteiger partial charge in [-0.2, -0.15) is 0 Å². The van der Waals surface area contributed by atoms with E-state index in [1.54, 1.807) is 0 Å². The van der Waals surface area contributed by atoms with E-state index in [4.69, 9.17) is 4.42 Å². The molecule has 2 aromatic heterocycles. The fourth-order valence-electron chi connectivity index (χ4n) is 4.23. The molecule has 0 unspecified atom stereocenters. The number of aromatic amines is 1. The molecule has 0 radical (unpaired) electrons. The van der Waals surface area contributed by atoms with Crippen LogP contribution in [0.1, 0.15) is 17.0 Å². The molecule has 0 spiro atoms. The zero-order chi connectivity index (χ0) is 21.4. The highest BCUT2D eigenvalue weighted by Gasteiger charge is 2.17. The Balaban J connectivity index is 1.35. The summed E-state index contributed by atoms with van der Waals surface area (Å²) in [4.78, 5) is 24.9. The molecule has 0 amide bonds. The summed E-state index contributed by atoms with van der Waals surface area (Å²) in [7, 11) is 2.17. The second-order valence-corrected chi connectivity index (χ2v) is 8.31. The van der Waals surface area contributed by atoms with Crippen molar-refractivity contribution in [2.24, 2.45) is 0 Å². The average Bonchev–Trinajstić information content (AvgIpc) is 3.13. The van der Waals surface area contributed by atoms with Crippen molar-refractivity contribution in [2.75, 3.05) is 38.1 Å². The van der Waals surface area contributed by atoms with Gasteiger partial charge in [-0.05, 0) is 37.7 Å². The lowest BCUT2D eigenvalue weighted by molar-refractivity contribution is 0.312. The van der Waals surface area contributed by atoms with Gasteiger partial charge in [0, 0.05) is 43.8 Å². The Bertz CT molecular complexity index is 1280. The van der Waals surface area contributed by atoms with E-state index in [0.29, 0.717) is 30.0 Å². The number of H-pyrrole nitrogens is 1. The fourth-order valence-corrected chi connectivity index (χ4v) is 4.23. The molecule has 160 valence electrons. The highest BCUT2D eigenvalue weighted by atomic mass is 16.3. The van der Waals surface area contributed by atoms with Crippen molar-refractivity contribution in [1.29, 1.82) is 0 Å². The molecule has 0 saturated carbocycles. The Kier molecular flexibility index (Phi) is 5.21. The minimum absolute atomic E-state index is 0.242. The molecule has 7 heteroatoms. The van der Waals surface area contributed by atoms with Crippen LogP contribution < -0.4 is 15.8 Å². The van der Waals surface area contributed by atoms with Gasteiger partial charge in [0.25, 0.3) is 5.56 Å². The summed E-state index contributed by atoms with van der Waals surface area (Å²) in [6, 6.07) is 14.4.